The highest BCUT2D eigenvalue weighted by Crippen LogP contribution is 2.77. The Morgan fingerprint density at radius 3 is 2.63 bits per heavy atom. The van der Waals surface area contributed by atoms with Crippen LogP contribution in [0.3, 0.4) is 0 Å². The Labute approximate surface area is 297 Å². The third-order valence-electron chi connectivity index (χ3n) is 12.6. The van der Waals surface area contributed by atoms with E-state index in [-0.39, 0.29) is 23.7 Å². The van der Waals surface area contributed by atoms with Crippen LogP contribution in [0.1, 0.15) is 80.8 Å². The van der Waals surface area contributed by atoms with Crippen LogP contribution in [-0.2, 0) is 32.5 Å². The summed E-state index contributed by atoms with van der Waals surface area (Å²) >= 11 is 6.38. The summed E-state index contributed by atoms with van der Waals surface area (Å²) in [5.41, 5.74) is 3.39. The Balaban J connectivity index is 1.22. The summed E-state index contributed by atoms with van der Waals surface area (Å²) < 4.78 is 49.1. The third-order valence-corrected chi connectivity index (χ3v) is 14.8. The molecule has 6 atom stereocenters. The number of aryl methyl sites for hydroxylation is 1. The van der Waals surface area contributed by atoms with Gasteiger partial charge in [-0.25, -0.2) is 13.1 Å². The van der Waals surface area contributed by atoms with Gasteiger partial charge in [0.05, 0.1) is 30.2 Å². The van der Waals surface area contributed by atoms with Crippen molar-refractivity contribution in [3.63, 3.8) is 0 Å². The maximum Gasteiger partial charge on any atom is 0.264 e. The number of halogens is 1. The summed E-state index contributed by atoms with van der Waals surface area (Å²) in [5.74, 6) is 1.46. The highest BCUT2D eigenvalue weighted by Gasteiger charge is 2.77. The highest BCUT2D eigenvalue weighted by molar-refractivity contribution is 7.90. The summed E-state index contributed by atoms with van der Waals surface area (Å²) in [6, 6.07) is 11.6. The first-order valence-electron chi connectivity index (χ1n) is 18.3. The van der Waals surface area contributed by atoms with Crippen LogP contribution >= 0.6 is 11.6 Å². The zero-order valence-corrected chi connectivity index (χ0v) is 30.9. The molecule has 1 saturated heterocycles. The van der Waals surface area contributed by atoms with E-state index < -0.39 is 21.2 Å². The molecule has 3 aliphatic heterocycles. The monoisotopic (exact) mass is 713 g/mol. The predicted molar refractivity (Wildman–Crippen MR) is 192 cm³/mol. The molecular weight excluding hydrogens is 662 g/mol. The molecule has 2 bridgehead atoms. The van der Waals surface area contributed by atoms with Gasteiger partial charge in [0.25, 0.3) is 5.91 Å². The Kier molecular flexibility index (Phi) is 10.0. The quantitative estimate of drug-likeness (QED) is 0.398. The zero-order valence-electron chi connectivity index (χ0n) is 29.3. The number of fused-ring (bicyclic) bond motifs is 3. The average molecular weight is 714 g/mol. The maximum atomic E-state index is 13.5. The number of carbonyl (C=O) groups is 1. The molecule has 49 heavy (non-hydrogen) atoms. The molecule has 9 nitrogen and oxygen atoms in total. The van der Waals surface area contributed by atoms with E-state index in [2.05, 4.69) is 28.5 Å². The number of nitrogens with one attached hydrogen (secondary N) is 1. The van der Waals surface area contributed by atoms with E-state index in [1.54, 1.807) is 13.0 Å². The average Bonchev–Trinajstić information content (AvgIpc) is 3.64. The van der Waals surface area contributed by atoms with Crippen molar-refractivity contribution in [1.82, 2.24) is 9.62 Å². The van der Waals surface area contributed by atoms with Gasteiger partial charge in [-0.1, -0.05) is 37.9 Å². The van der Waals surface area contributed by atoms with Gasteiger partial charge in [-0.2, -0.15) is 0 Å². The van der Waals surface area contributed by atoms with Crippen molar-refractivity contribution in [2.75, 3.05) is 44.8 Å². The van der Waals surface area contributed by atoms with Gasteiger partial charge in [0, 0.05) is 29.1 Å². The minimum Gasteiger partial charge on any atom is -0.487 e. The number of carbonyl (C=O) groups excluding carboxylic acids is 1. The summed E-state index contributed by atoms with van der Waals surface area (Å²) in [4.78, 5) is 18.2. The van der Waals surface area contributed by atoms with Crippen molar-refractivity contribution in [1.29, 1.82) is 0 Å². The van der Waals surface area contributed by atoms with Crippen LogP contribution in [0.2, 0.25) is 5.02 Å². The summed E-state index contributed by atoms with van der Waals surface area (Å²) in [7, 11) is -1.78. The Morgan fingerprint density at radius 1 is 1.06 bits per heavy atom. The second kappa shape index (κ2) is 14.0. The molecule has 0 radical (unpaired) electrons. The smallest absolute Gasteiger partial charge is 0.264 e. The second-order valence-electron chi connectivity index (χ2n) is 15.3. The molecule has 5 aliphatic rings. The van der Waals surface area contributed by atoms with E-state index in [4.69, 9.17) is 25.8 Å². The summed E-state index contributed by atoms with van der Waals surface area (Å²) in [6.45, 7) is 10.1. The lowest BCUT2D eigenvalue weighted by molar-refractivity contribution is -0.237. The van der Waals surface area contributed by atoms with Crippen molar-refractivity contribution < 1.29 is 27.4 Å². The molecule has 0 spiro atoms. The lowest BCUT2D eigenvalue weighted by Gasteiger charge is -2.38. The number of likely N-dealkylation sites (N-methyl/N-ethyl adjacent to an activating group) is 1. The van der Waals surface area contributed by atoms with E-state index in [1.807, 2.05) is 37.3 Å². The third kappa shape index (κ3) is 6.73. The van der Waals surface area contributed by atoms with E-state index >= 15 is 0 Å². The fraction of sp³-hybridized carbons (Fsp3) is 0.658. The number of sulfonamides is 1. The summed E-state index contributed by atoms with van der Waals surface area (Å²) in [5, 5.41) is 0.00506. The van der Waals surface area contributed by atoms with Crippen molar-refractivity contribution in [3.8, 4) is 5.75 Å². The van der Waals surface area contributed by atoms with Crippen LogP contribution < -0.4 is 14.4 Å². The summed E-state index contributed by atoms with van der Waals surface area (Å²) in [6.07, 6.45) is 6.33. The van der Waals surface area contributed by atoms with Crippen LogP contribution in [0, 0.1) is 29.1 Å². The van der Waals surface area contributed by atoms with Crippen molar-refractivity contribution in [2.45, 2.75) is 89.9 Å². The minimum absolute atomic E-state index is 0.0514. The van der Waals surface area contributed by atoms with E-state index in [9.17, 15) is 13.2 Å². The van der Waals surface area contributed by atoms with Gasteiger partial charge in [0.2, 0.25) is 10.0 Å². The normalized spacial score (nSPS) is 34.7. The van der Waals surface area contributed by atoms with Crippen LogP contribution in [0.15, 0.2) is 36.4 Å². The maximum absolute atomic E-state index is 13.5. The van der Waals surface area contributed by atoms with Gasteiger partial charge >= 0.3 is 0 Å². The van der Waals surface area contributed by atoms with Crippen LogP contribution in [-0.4, -0.2) is 76.7 Å². The molecule has 2 aromatic rings. The molecule has 1 N–H and O–H groups in total. The number of rotatable bonds is 3. The number of amides is 1. The molecule has 7 rings (SSSR count). The topological polar surface area (TPSA) is 97.4 Å². The van der Waals surface area contributed by atoms with E-state index in [1.165, 1.54) is 5.56 Å². The number of benzene rings is 2. The largest absolute Gasteiger partial charge is 0.487 e. The molecule has 0 aromatic heterocycles. The van der Waals surface area contributed by atoms with Gasteiger partial charge in [0.1, 0.15) is 12.4 Å². The lowest BCUT2D eigenvalue weighted by atomic mass is 9.84. The Morgan fingerprint density at radius 2 is 1.86 bits per heavy atom. The number of hydrogen-bond acceptors (Lipinski definition) is 8. The fourth-order valence-electron chi connectivity index (χ4n) is 9.20. The van der Waals surface area contributed by atoms with Crippen molar-refractivity contribution in [2.24, 2.45) is 29.1 Å². The highest BCUT2D eigenvalue weighted by atomic mass is 35.5. The standard InChI is InChI=1S/C38H52ClN3O6S/c1-5-41(4)31-22-47-37(48-23-31)38-15-8-9-24(2)25(3)49(44,45)40-36(43)27-12-14-34-33(19-27)42(20-29-18-32(38)35(29)38)16-7-6-10-26-17-30(39)13-11-28(26)21-46-34/h11-14,17,19,24-25,29,31-32,35,37H,5-10,15-16,18,20-23H2,1-4H3,(H,40,43)/t24-,25+,29-,31-,32?,35-,37+,38?/m0/s1. The Hall–Kier alpha value is -2.37. The second-order valence-corrected chi connectivity index (χ2v) is 17.8. The minimum atomic E-state index is -3.90. The molecule has 2 aliphatic carbocycles. The van der Waals surface area contributed by atoms with Crippen LogP contribution in [0.5, 0.6) is 5.75 Å². The van der Waals surface area contributed by atoms with Gasteiger partial charge in [-0.05, 0) is 124 Å². The van der Waals surface area contributed by atoms with Crippen molar-refractivity contribution in [3.05, 3.63) is 58.1 Å². The van der Waals surface area contributed by atoms with Crippen molar-refractivity contribution >= 4 is 33.2 Å². The number of ether oxygens (including phenoxy) is 3. The molecule has 268 valence electrons. The number of nitrogens with zero attached hydrogens (tertiary/aromatic N) is 2. The molecule has 3 fully saturated rings. The van der Waals surface area contributed by atoms with E-state index in [0.29, 0.717) is 48.9 Å². The van der Waals surface area contributed by atoms with Gasteiger partial charge in [0.15, 0.2) is 6.29 Å². The molecule has 11 heteroatoms. The van der Waals surface area contributed by atoms with Crippen LogP contribution in [0.4, 0.5) is 5.69 Å². The molecule has 3 heterocycles. The first-order valence-corrected chi connectivity index (χ1v) is 20.2. The molecule has 1 amide bonds. The first kappa shape index (κ1) is 35.1. The number of hydrogen-bond donors (Lipinski definition) is 1. The zero-order chi connectivity index (χ0) is 34.5. The Bertz CT molecular complexity index is 1650. The molecule has 2 saturated carbocycles. The lowest BCUT2D eigenvalue weighted by Crippen LogP contribution is -2.48. The molecule has 2 aromatic carbocycles. The SMILES string of the molecule is CCN(C)[C@H]1CO[C@@H](C23CCC[C@H](C)[C@@H](C)S(=O)(=O)NC(=O)c4ccc5c(c4)N(CCCCc4cc(Cl)ccc4CO5)C[C@@H]4CC2[C@H]43)OC1. The van der Waals surface area contributed by atoms with Gasteiger partial charge in [-0.15, -0.1) is 0 Å². The van der Waals surface area contributed by atoms with Gasteiger partial charge in [-0.3, -0.25) is 9.69 Å². The number of anilines is 1. The molecule has 2 unspecified atom stereocenters. The predicted octanol–water partition coefficient (Wildman–Crippen LogP) is 6.28. The van der Waals surface area contributed by atoms with Crippen LogP contribution in [0.25, 0.3) is 0 Å². The molecular formula is C38H52ClN3O6S. The first-order chi connectivity index (χ1) is 23.5. The fourth-order valence-corrected chi connectivity index (χ4v) is 10.7. The van der Waals surface area contributed by atoms with E-state index in [0.717, 1.165) is 80.9 Å². The van der Waals surface area contributed by atoms with Gasteiger partial charge < -0.3 is 19.1 Å².